The fraction of sp³-hybridized carbons (Fsp3) is 0.478. The van der Waals surface area contributed by atoms with Crippen molar-refractivity contribution in [1.82, 2.24) is 9.88 Å². The lowest BCUT2D eigenvalue weighted by atomic mass is 10.1. The van der Waals surface area contributed by atoms with E-state index in [4.69, 9.17) is 9.73 Å². The van der Waals surface area contributed by atoms with Crippen molar-refractivity contribution in [2.75, 3.05) is 43.0 Å². The molecule has 1 unspecified atom stereocenters. The Morgan fingerprint density at radius 3 is 2.66 bits per heavy atom. The highest BCUT2D eigenvalue weighted by molar-refractivity contribution is 5.93. The van der Waals surface area contributed by atoms with Crippen molar-refractivity contribution in [2.24, 2.45) is 4.99 Å². The van der Waals surface area contributed by atoms with Gasteiger partial charge in [-0.3, -0.25) is 0 Å². The first-order valence-electron chi connectivity index (χ1n) is 10.7. The molecule has 1 N–H and O–H groups in total. The van der Waals surface area contributed by atoms with Gasteiger partial charge in [0, 0.05) is 38.1 Å². The molecule has 2 fully saturated rings. The van der Waals surface area contributed by atoms with Crippen LogP contribution in [0.25, 0.3) is 0 Å². The lowest BCUT2D eigenvalue weighted by Crippen LogP contribution is -2.41. The maximum atomic E-state index is 5.63. The maximum absolute atomic E-state index is 5.63. The zero-order valence-corrected chi connectivity index (χ0v) is 17.3. The van der Waals surface area contributed by atoms with E-state index < -0.39 is 0 Å². The van der Waals surface area contributed by atoms with Crippen LogP contribution in [0.15, 0.2) is 53.7 Å². The number of morpholine rings is 1. The van der Waals surface area contributed by atoms with Gasteiger partial charge in [0.15, 0.2) is 5.96 Å². The zero-order chi connectivity index (χ0) is 19.9. The normalized spacial score (nSPS) is 20.6. The van der Waals surface area contributed by atoms with Gasteiger partial charge in [-0.05, 0) is 49.9 Å². The van der Waals surface area contributed by atoms with Crippen molar-refractivity contribution >= 4 is 17.5 Å². The SMILES string of the molecule is CC1CN(c2ccc(CN=C(Nc3ccccc3)N3CCCCC3)cn2)CCO1. The van der Waals surface area contributed by atoms with E-state index in [1.807, 2.05) is 24.4 Å². The van der Waals surface area contributed by atoms with Gasteiger partial charge in [-0.15, -0.1) is 0 Å². The van der Waals surface area contributed by atoms with Gasteiger partial charge in [0.25, 0.3) is 0 Å². The van der Waals surface area contributed by atoms with E-state index in [1.165, 1.54) is 19.3 Å². The number of nitrogens with one attached hydrogen (secondary N) is 1. The van der Waals surface area contributed by atoms with E-state index in [0.717, 1.165) is 55.8 Å². The molecule has 1 aromatic carbocycles. The van der Waals surface area contributed by atoms with Crippen molar-refractivity contribution in [3.05, 3.63) is 54.2 Å². The number of pyridine rings is 1. The minimum absolute atomic E-state index is 0.256. The summed E-state index contributed by atoms with van der Waals surface area (Å²) < 4.78 is 5.63. The number of hydrogen-bond donors (Lipinski definition) is 1. The highest BCUT2D eigenvalue weighted by Crippen LogP contribution is 2.17. The molecule has 0 bridgehead atoms. The Bertz CT molecular complexity index is 787. The quantitative estimate of drug-likeness (QED) is 0.633. The summed E-state index contributed by atoms with van der Waals surface area (Å²) in [6.07, 6.45) is 5.97. The Labute approximate surface area is 173 Å². The first kappa shape index (κ1) is 19.7. The van der Waals surface area contributed by atoms with Crippen LogP contribution >= 0.6 is 0 Å². The molecule has 29 heavy (non-hydrogen) atoms. The Hall–Kier alpha value is -2.60. The summed E-state index contributed by atoms with van der Waals surface area (Å²) in [5, 5.41) is 3.52. The molecule has 2 aliphatic heterocycles. The van der Waals surface area contributed by atoms with Crippen LogP contribution in [0.4, 0.5) is 11.5 Å². The lowest BCUT2D eigenvalue weighted by Gasteiger charge is -2.32. The summed E-state index contributed by atoms with van der Waals surface area (Å²) in [6, 6.07) is 14.5. The molecule has 2 aromatic rings. The van der Waals surface area contributed by atoms with Crippen LogP contribution in [0, 0.1) is 0 Å². The molecular formula is C23H31N5O. The standard InChI is InChI=1S/C23H31N5O/c1-19-18-28(14-15-29-19)22-11-10-20(16-24-22)17-25-23(27-12-6-3-7-13-27)26-21-8-4-2-5-9-21/h2,4-5,8-11,16,19H,3,6-7,12-15,17-18H2,1H3,(H,25,26). The van der Waals surface area contributed by atoms with Gasteiger partial charge < -0.3 is 19.9 Å². The van der Waals surface area contributed by atoms with Crippen LogP contribution in [0.5, 0.6) is 0 Å². The summed E-state index contributed by atoms with van der Waals surface area (Å²) >= 11 is 0. The minimum Gasteiger partial charge on any atom is -0.375 e. The predicted octanol–water partition coefficient (Wildman–Crippen LogP) is 3.76. The van der Waals surface area contributed by atoms with Gasteiger partial charge in [0.2, 0.25) is 0 Å². The summed E-state index contributed by atoms with van der Waals surface area (Å²) in [5.41, 5.74) is 2.20. The van der Waals surface area contributed by atoms with Gasteiger partial charge in [0.1, 0.15) is 5.82 Å². The van der Waals surface area contributed by atoms with Gasteiger partial charge in [-0.1, -0.05) is 24.3 Å². The number of rotatable bonds is 4. The highest BCUT2D eigenvalue weighted by atomic mass is 16.5. The largest absolute Gasteiger partial charge is 0.375 e. The number of ether oxygens (including phenoxy) is 1. The van der Waals surface area contributed by atoms with Gasteiger partial charge in [-0.2, -0.15) is 0 Å². The number of piperidine rings is 1. The average molecular weight is 394 g/mol. The third kappa shape index (κ3) is 5.48. The molecule has 2 aliphatic rings. The fourth-order valence-corrected chi connectivity index (χ4v) is 3.86. The molecule has 1 atom stereocenters. The van der Waals surface area contributed by atoms with Crippen LogP contribution in [-0.4, -0.2) is 54.7 Å². The number of aliphatic imine (C=N–C) groups is 1. The van der Waals surface area contributed by atoms with E-state index in [2.05, 4.69) is 51.3 Å². The van der Waals surface area contributed by atoms with Crippen LogP contribution in [0.3, 0.4) is 0 Å². The van der Waals surface area contributed by atoms with Gasteiger partial charge in [-0.25, -0.2) is 9.98 Å². The monoisotopic (exact) mass is 393 g/mol. The van der Waals surface area contributed by atoms with E-state index in [0.29, 0.717) is 6.54 Å². The predicted molar refractivity (Wildman–Crippen MR) is 118 cm³/mol. The number of nitrogens with zero attached hydrogens (tertiary/aromatic N) is 4. The smallest absolute Gasteiger partial charge is 0.198 e. The van der Waals surface area contributed by atoms with Crippen molar-refractivity contribution in [3.8, 4) is 0 Å². The highest BCUT2D eigenvalue weighted by Gasteiger charge is 2.18. The van der Waals surface area contributed by atoms with Gasteiger partial charge >= 0.3 is 0 Å². The molecule has 2 saturated heterocycles. The fourth-order valence-electron chi connectivity index (χ4n) is 3.86. The van der Waals surface area contributed by atoms with Gasteiger partial charge in [0.05, 0.1) is 19.3 Å². The summed E-state index contributed by atoms with van der Waals surface area (Å²) in [4.78, 5) is 14.3. The number of para-hydroxylation sites is 1. The Balaban J connectivity index is 1.44. The second kappa shape index (κ2) is 9.74. The van der Waals surface area contributed by atoms with Crippen LogP contribution in [0.2, 0.25) is 0 Å². The van der Waals surface area contributed by atoms with E-state index in [-0.39, 0.29) is 6.10 Å². The third-order valence-corrected chi connectivity index (χ3v) is 5.47. The molecule has 0 saturated carbocycles. The summed E-state index contributed by atoms with van der Waals surface area (Å²) in [7, 11) is 0. The topological polar surface area (TPSA) is 53.0 Å². The number of guanidine groups is 1. The number of anilines is 2. The molecular weight excluding hydrogens is 362 g/mol. The third-order valence-electron chi connectivity index (χ3n) is 5.47. The minimum atomic E-state index is 0.256. The second-order valence-corrected chi connectivity index (χ2v) is 7.83. The van der Waals surface area contributed by atoms with E-state index in [1.54, 1.807) is 0 Å². The molecule has 0 amide bonds. The summed E-state index contributed by atoms with van der Waals surface area (Å²) in [6.45, 7) is 7.41. The zero-order valence-electron chi connectivity index (χ0n) is 17.3. The average Bonchev–Trinajstić information content (AvgIpc) is 2.78. The maximum Gasteiger partial charge on any atom is 0.198 e. The molecule has 0 spiro atoms. The molecule has 1 aromatic heterocycles. The molecule has 6 heteroatoms. The molecule has 6 nitrogen and oxygen atoms in total. The molecule has 4 rings (SSSR count). The van der Waals surface area contributed by atoms with Crippen LogP contribution < -0.4 is 10.2 Å². The van der Waals surface area contributed by atoms with E-state index >= 15 is 0 Å². The first-order chi connectivity index (χ1) is 14.3. The Morgan fingerprint density at radius 1 is 1.10 bits per heavy atom. The van der Waals surface area contributed by atoms with Crippen molar-refractivity contribution in [2.45, 2.75) is 38.8 Å². The first-order valence-corrected chi connectivity index (χ1v) is 10.7. The van der Waals surface area contributed by atoms with Crippen molar-refractivity contribution < 1.29 is 4.74 Å². The second-order valence-electron chi connectivity index (χ2n) is 7.83. The van der Waals surface area contributed by atoms with E-state index in [9.17, 15) is 0 Å². The Kier molecular flexibility index (Phi) is 6.62. The lowest BCUT2D eigenvalue weighted by molar-refractivity contribution is 0.0529. The number of benzene rings is 1. The van der Waals surface area contributed by atoms with Crippen LogP contribution in [-0.2, 0) is 11.3 Å². The molecule has 154 valence electrons. The Morgan fingerprint density at radius 2 is 1.93 bits per heavy atom. The molecule has 3 heterocycles. The van der Waals surface area contributed by atoms with Crippen LogP contribution in [0.1, 0.15) is 31.7 Å². The molecule has 0 aliphatic carbocycles. The van der Waals surface area contributed by atoms with Crippen molar-refractivity contribution in [3.63, 3.8) is 0 Å². The van der Waals surface area contributed by atoms with Crippen molar-refractivity contribution in [1.29, 1.82) is 0 Å². The number of hydrogen-bond acceptors (Lipinski definition) is 4. The molecule has 0 radical (unpaired) electrons. The summed E-state index contributed by atoms with van der Waals surface area (Å²) in [5.74, 6) is 1.98. The number of likely N-dealkylation sites (tertiary alicyclic amines) is 1. The number of aromatic nitrogens is 1.